The first-order valence-corrected chi connectivity index (χ1v) is 3.98. The molecule has 0 aliphatic heterocycles. The van der Waals surface area contributed by atoms with Crippen LogP contribution in [0.4, 0.5) is 0 Å². The van der Waals surface area contributed by atoms with Gasteiger partial charge in [-0.25, -0.2) is 10.9 Å². The summed E-state index contributed by atoms with van der Waals surface area (Å²) in [6.07, 6.45) is -0.615. The molecule has 0 bridgehead atoms. The minimum Gasteiger partial charge on any atom is -0.274 e. The maximum absolute atomic E-state index is 11.0. The summed E-state index contributed by atoms with van der Waals surface area (Å²) >= 11 is 0. The normalized spacial score (nSPS) is 9.00. The van der Waals surface area contributed by atoms with Gasteiger partial charge < -0.3 is 0 Å². The zero-order valence-corrected chi connectivity index (χ0v) is 8.36. The molecule has 0 aromatic heterocycles. The van der Waals surface area contributed by atoms with E-state index in [9.17, 15) is 19.2 Å². The number of rotatable bonds is 2. The summed E-state index contributed by atoms with van der Waals surface area (Å²) in [5.41, 5.74) is 3.94. The summed E-state index contributed by atoms with van der Waals surface area (Å²) < 4.78 is 0. The SMILES string of the molecule is CC(=O)NNC(=O)CC(=O)N(N)C(C)=O. The van der Waals surface area contributed by atoms with Crippen molar-refractivity contribution in [1.29, 1.82) is 0 Å². The maximum Gasteiger partial charge on any atom is 0.253 e. The average molecular weight is 216 g/mol. The molecule has 0 aliphatic rings. The first-order valence-electron chi connectivity index (χ1n) is 3.98. The maximum atomic E-state index is 11.0. The molecule has 0 saturated carbocycles. The molecular weight excluding hydrogens is 204 g/mol. The average Bonchev–Trinajstić information content (AvgIpc) is 2.13. The molecule has 15 heavy (non-hydrogen) atoms. The smallest absolute Gasteiger partial charge is 0.253 e. The third-order valence-electron chi connectivity index (χ3n) is 1.30. The Bertz CT molecular complexity index is 301. The number of carbonyl (C=O) groups is 4. The number of imide groups is 1. The first kappa shape index (κ1) is 13.0. The van der Waals surface area contributed by atoms with Crippen molar-refractivity contribution in [3.8, 4) is 0 Å². The Balaban J connectivity index is 4.02. The lowest BCUT2D eigenvalue weighted by atomic mass is 10.4. The highest BCUT2D eigenvalue weighted by molar-refractivity contribution is 6.03. The Morgan fingerprint density at radius 2 is 1.67 bits per heavy atom. The van der Waals surface area contributed by atoms with Crippen LogP contribution in [0.2, 0.25) is 0 Å². The summed E-state index contributed by atoms with van der Waals surface area (Å²) in [4.78, 5) is 43.0. The molecule has 8 heteroatoms. The number of nitrogens with two attached hydrogens (primary N) is 1. The van der Waals surface area contributed by atoms with Gasteiger partial charge in [-0.2, -0.15) is 0 Å². The van der Waals surface area contributed by atoms with Crippen molar-refractivity contribution in [3.63, 3.8) is 0 Å². The topological polar surface area (TPSA) is 122 Å². The van der Waals surface area contributed by atoms with E-state index in [0.29, 0.717) is 5.01 Å². The Hall–Kier alpha value is -1.96. The van der Waals surface area contributed by atoms with Gasteiger partial charge in [0.25, 0.3) is 5.91 Å². The summed E-state index contributed by atoms with van der Waals surface area (Å²) in [6, 6.07) is 0. The van der Waals surface area contributed by atoms with Gasteiger partial charge in [0.05, 0.1) is 0 Å². The Labute approximate surface area is 85.7 Å². The Morgan fingerprint density at radius 1 is 1.13 bits per heavy atom. The van der Waals surface area contributed by atoms with E-state index in [0.717, 1.165) is 6.92 Å². The number of hydrogen-bond donors (Lipinski definition) is 3. The van der Waals surface area contributed by atoms with Crippen molar-refractivity contribution in [1.82, 2.24) is 15.9 Å². The van der Waals surface area contributed by atoms with Crippen molar-refractivity contribution in [2.24, 2.45) is 5.84 Å². The van der Waals surface area contributed by atoms with Gasteiger partial charge in [-0.1, -0.05) is 0 Å². The van der Waals surface area contributed by atoms with Crippen molar-refractivity contribution < 1.29 is 19.2 Å². The summed E-state index contributed by atoms with van der Waals surface area (Å²) in [5, 5.41) is 0.327. The lowest BCUT2D eigenvalue weighted by Gasteiger charge is -2.11. The van der Waals surface area contributed by atoms with E-state index in [1.54, 1.807) is 0 Å². The van der Waals surface area contributed by atoms with E-state index in [2.05, 4.69) is 0 Å². The molecule has 4 amide bonds. The molecule has 84 valence electrons. The molecule has 0 aliphatic carbocycles. The molecule has 0 aromatic carbocycles. The zero-order valence-electron chi connectivity index (χ0n) is 8.36. The number of nitrogens with one attached hydrogen (secondary N) is 2. The van der Waals surface area contributed by atoms with Crippen molar-refractivity contribution in [2.75, 3.05) is 0 Å². The fourth-order valence-electron chi connectivity index (χ4n) is 0.600. The number of carbonyl (C=O) groups excluding carboxylic acids is 4. The van der Waals surface area contributed by atoms with Crippen molar-refractivity contribution in [2.45, 2.75) is 20.3 Å². The molecule has 0 heterocycles. The summed E-state index contributed by atoms with van der Waals surface area (Å²) in [6.45, 7) is 2.27. The molecule has 4 N–H and O–H groups in total. The van der Waals surface area contributed by atoms with E-state index in [1.807, 2.05) is 10.9 Å². The quantitative estimate of drug-likeness (QED) is 0.209. The molecule has 0 saturated heterocycles. The first-order chi connectivity index (χ1) is 6.84. The van der Waals surface area contributed by atoms with Crippen LogP contribution < -0.4 is 16.7 Å². The van der Waals surface area contributed by atoms with Gasteiger partial charge in [0.15, 0.2) is 0 Å². The van der Waals surface area contributed by atoms with E-state index >= 15 is 0 Å². The molecule has 8 nitrogen and oxygen atoms in total. The second kappa shape index (κ2) is 5.70. The van der Waals surface area contributed by atoms with Crippen LogP contribution in [0.1, 0.15) is 20.3 Å². The van der Waals surface area contributed by atoms with Crippen LogP contribution in [0.15, 0.2) is 0 Å². The van der Waals surface area contributed by atoms with E-state index in [4.69, 9.17) is 5.84 Å². The highest BCUT2D eigenvalue weighted by atomic mass is 16.2. The van der Waals surface area contributed by atoms with E-state index in [1.165, 1.54) is 6.92 Å². The molecule has 0 aromatic rings. The van der Waals surface area contributed by atoms with Gasteiger partial charge in [-0.15, -0.1) is 0 Å². The van der Waals surface area contributed by atoms with Gasteiger partial charge in [-0.3, -0.25) is 30.0 Å². The van der Waals surface area contributed by atoms with Gasteiger partial charge in [0.1, 0.15) is 6.42 Å². The minimum absolute atomic E-state index is 0.327. The van der Waals surface area contributed by atoms with Crippen LogP contribution in [0, 0.1) is 0 Å². The third kappa shape index (κ3) is 5.37. The van der Waals surface area contributed by atoms with Crippen LogP contribution in [0.25, 0.3) is 0 Å². The van der Waals surface area contributed by atoms with Gasteiger partial charge >= 0.3 is 0 Å². The van der Waals surface area contributed by atoms with Crippen LogP contribution in [-0.2, 0) is 19.2 Å². The lowest BCUT2D eigenvalue weighted by molar-refractivity contribution is -0.145. The highest BCUT2D eigenvalue weighted by Gasteiger charge is 2.17. The van der Waals surface area contributed by atoms with Crippen molar-refractivity contribution >= 4 is 23.6 Å². The largest absolute Gasteiger partial charge is 0.274 e. The van der Waals surface area contributed by atoms with Crippen LogP contribution >= 0.6 is 0 Å². The molecule has 0 spiro atoms. The fourth-order valence-corrected chi connectivity index (χ4v) is 0.600. The fraction of sp³-hybridized carbons (Fsp3) is 0.429. The number of nitrogens with zero attached hydrogens (tertiary/aromatic N) is 1. The van der Waals surface area contributed by atoms with Gasteiger partial charge in [-0.05, 0) is 0 Å². The van der Waals surface area contributed by atoms with Crippen molar-refractivity contribution in [3.05, 3.63) is 0 Å². The molecule has 0 rings (SSSR count). The second-order valence-electron chi connectivity index (χ2n) is 2.69. The monoisotopic (exact) mass is 216 g/mol. The highest BCUT2D eigenvalue weighted by Crippen LogP contribution is 1.88. The second-order valence-corrected chi connectivity index (χ2v) is 2.69. The van der Waals surface area contributed by atoms with Gasteiger partial charge in [0.2, 0.25) is 17.7 Å². The molecule has 0 fully saturated rings. The molecule has 0 radical (unpaired) electrons. The molecule has 0 unspecified atom stereocenters. The third-order valence-corrected chi connectivity index (χ3v) is 1.30. The number of amides is 4. The summed E-state index contributed by atoms with van der Waals surface area (Å²) in [7, 11) is 0. The number of hydrazine groups is 2. The summed E-state index contributed by atoms with van der Waals surface area (Å²) in [5.74, 6) is 2.26. The minimum atomic E-state index is -0.856. The number of hydrogen-bond acceptors (Lipinski definition) is 5. The van der Waals surface area contributed by atoms with Gasteiger partial charge in [0, 0.05) is 13.8 Å². The standard InChI is InChI=1S/C7H12N4O4/c1-4(12)9-10-6(14)3-7(15)11(8)5(2)13/h3,8H2,1-2H3,(H,9,12)(H,10,14). The molecular formula is C7H12N4O4. The zero-order chi connectivity index (χ0) is 12.0. The Kier molecular flexibility index (Phi) is 4.96. The predicted molar refractivity (Wildman–Crippen MR) is 48.3 cm³/mol. The predicted octanol–water partition coefficient (Wildman–Crippen LogP) is -2.21. The van der Waals surface area contributed by atoms with Crippen LogP contribution in [-0.4, -0.2) is 28.6 Å². The van der Waals surface area contributed by atoms with E-state index < -0.39 is 30.0 Å². The Morgan fingerprint density at radius 3 is 2.07 bits per heavy atom. The molecule has 0 atom stereocenters. The van der Waals surface area contributed by atoms with E-state index in [-0.39, 0.29) is 0 Å². The van der Waals surface area contributed by atoms with Crippen LogP contribution in [0.5, 0.6) is 0 Å². The lowest BCUT2D eigenvalue weighted by Crippen LogP contribution is -2.46. The van der Waals surface area contributed by atoms with Crippen LogP contribution in [0.3, 0.4) is 0 Å².